The van der Waals surface area contributed by atoms with Gasteiger partial charge in [0.2, 0.25) is 0 Å². The Morgan fingerprint density at radius 2 is 1.45 bits per heavy atom. The maximum atomic E-state index is 13.8. The molecule has 1 aromatic carbocycles. The van der Waals surface area contributed by atoms with Crippen molar-refractivity contribution < 1.29 is 35.5 Å². The SMILES string of the molecule is Fc1c(-c2ccc(OC(F)(F)F)cc2)ccnc1C(F)(F)F. The second-order valence-corrected chi connectivity index (χ2v) is 4.09. The molecule has 0 unspecified atom stereocenters. The van der Waals surface area contributed by atoms with Gasteiger partial charge < -0.3 is 4.74 Å². The minimum atomic E-state index is -4.97. The van der Waals surface area contributed by atoms with Gasteiger partial charge in [0.1, 0.15) is 5.75 Å². The minimum Gasteiger partial charge on any atom is -0.406 e. The van der Waals surface area contributed by atoms with Crippen LogP contribution in [0.3, 0.4) is 0 Å². The zero-order valence-corrected chi connectivity index (χ0v) is 10.5. The number of hydrogen-bond donors (Lipinski definition) is 0. The molecule has 0 aliphatic carbocycles. The Balaban J connectivity index is 2.37. The fourth-order valence-corrected chi connectivity index (χ4v) is 1.70. The first-order chi connectivity index (χ1) is 10.1. The van der Waals surface area contributed by atoms with E-state index in [-0.39, 0.29) is 5.56 Å². The summed E-state index contributed by atoms with van der Waals surface area (Å²) < 4.78 is 91.1. The number of hydrogen-bond acceptors (Lipinski definition) is 2. The normalized spacial score (nSPS) is 12.3. The molecule has 0 atom stereocenters. The van der Waals surface area contributed by atoms with E-state index < -0.39 is 35.4 Å². The molecule has 9 heteroatoms. The van der Waals surface area contributed by atoms with Crippen molar-refractivity contribution in [2.75, 3.05) is 0 Å². The highest BCUT2D eigenvalue weighted by Gasteiger charge is 2.37. The van der Waals surface area contributed by atoms with Gasteiger partial charge in [0.15, 0.2) is 11.5 Å². The third kappa shape index (κ3) is 3.66. The van der Waals surface area contributed by atoms with E-state index in [0.29, 0.717) is 0 Å². The van der Waals surface area contributed by atoms with Gasteiger partial charge in [-0.2, -0.15) is 13.2 Å². The highest BCUT2D eigenvalue weighted by molar-refractivity contribution is 5.65. The Bertz CT molecular complexity index is 662. The molecular formula is C13H6F7NO. The largest absolute Gasteiger partial charge is 0.573 e. The fourth-order valence-electron chi connectivity index (χ4n) is 1.70. The lowest BCUT2D eigenvalue weighted by Gasteiger charge is -2.11. The van der Waals surface area contributed by atoms with E-state index in [4.69, 9.17) is 0 Å². The lowest BCUT2D eigenvalue weighted by molar-refractivity contribution is -0.274. The van der Waals surface area contributed by atoms with Crippen LogP contribution in [0.5, 0.6) is 5.75 Å². The molecule has 2 rings (SSSR count). The molecule has 0 radical (unpaired) electrons. The van der Waals surface area contributed by atoms with E-state index in [2.05, 4.69) is 9.72 Å². The van der Waals surface area contributed by atoms with Crippen LogP contribution in [0.2, 0.25) is 0 Å². The second kappa shape index (κ2) is 5.47. The van der Waals surface area contributed by atoms with Gasteiger partial charge in [0, 0.05) is 11.8 Å². The van der Waals surface area contributed by atoms with Crippen LogP contribution >= 0.6 is 0 Å². The third-order valence-corrected chi connectivity index (χ3v) is 2.56. The fraction of sp³-hybridized carbons (Fsp3) is 0.154. The molecule has 118 valence electrons. The molecule has 0 aliphatic rings. The van der Waals surface area contributed by atoms with Gasteiger partial charge in [-0.05, 0) is 23.8 Å². The van der Waals surface area contributed by atoms with Crippen molar-refractivity contribution in [3.05, 3.63) is 48.0 Å². The van der Waals surface area contributed by atoms with Gasteiger partial charge in [0.05, 0.1) is 0 Å². The zero-order valence-electron chi connectivity index (χ0n) is 10.5. The monoisotopic (exact) mass is 325 g/mol. The Labute approximate surface area is 119 Å². The number of nitrogens with zero attached hydrogens (tertiary/aromatic N) is 1. The van der Waals surface area contributed by atoms with Crippen molar-refractivity contribution >= 4 is 0 Å². The van der Waals surface area contributed by atoms with Crippen molar-refractivity contribution in [1.82, 2.24) is 4.98 Å². The first-order valence-corrected chi connectivity index (χ1v) is 5.66. The average Bonchev–Trinajstić information content (AvgIpc) is 2.37. The van der Waals surface area contributed by atoms with Crippen LogP contribution in [0.4, 0.5) is 30.7 Å². The molecule has 0 amide bonds. The van der Waals surface area contributed by atoms with E-state index in [9.17, 15) is 30.7 Å². The summed E-state index contributed by atoms with van der Waals surface area (Å²) in [5.74, 6) is -2.17. The zero-order chi connectivity index (χ0) is 16.5. The van der Waals surface area contributed by atoms with Gasteiger partial charge in [-0.25, -0.2) is 9.37 Å². The minimum absolute atomic E-state index is 0.0417. The number of rotatable bonds is 2. The molecule has 22 heavy (non-hydrogen) atoms. The van der Waals surface area contributed by atoms with Crippen molar-refractivity contribution in [2.45, 2.75) is 12.5 Å². The van der Waals surface area contributed by atoms with Crippen molar-refractivity contribution in [1.29, 1.82) is 0 Å². The molecule has 0 spiro atoms. The number of aromatic nitrogens is 1. The number of alkyl halides is 6. The maximum Gasteiger partial charge on any atom is 0.573 e. The Morgan fingerprint density at radius 1 is 0.864 bits per heavy atom. The molecule has 0 fully saturated rings. The molecule has 0 saturated carbocycles. The molecule has 0 saturated heterocycles. The summed E-state index contributed by atoms with van der Waals surface area (Å²) in [6.45, 7) is 0. The van der Waals surface area contributed by atoms with Gasteiger partial charge in [-0.3, -0.25) is 0 Å². The summed E-state index contributed by atoms with van der Waals surface area (Å²) in [4.78, 5) is 2.93. The third-order valence-electron chi connectivity index (χ3n) is 2.56. The first kappa shape index (κ1) is 16.1. The van der Waals surface area contributed by atoms with Crippen LogP contribution in [-0.4, -0.2) is 11.3 Å². The lowest BCUT2D eigenvalue weighted by Crippen LogP contribution is -2.17. The smallest absolute Gasteiger partial charge is 0.406 e. The summed E-state index contributed by atoms with van der Waals surface area (Å²) in [5.41, 5.74) is -2.17. The first-order valence-electron chi connectivity index (χ1n) is 5.66. The summed E-state index contributed by atoms with van der Waals surface area (Å²) in [5, 5.41) is 0. The standard InChI is InChI=1S/C13H6F7NO/c14-10-9(5-6-21-11(10)12(15,16)17)7-1-3-8(4-2-7)22-13(18,19)20/h1-6H. The maximum absolute atomic E-state index is 13.8. The van der Waals surface area contributed by atoms with Crippen LogP contribution in [0.25, 0.3) is 11.1 Å². The van der Waals surface area contributed by atoms with Gasteiger partial charge >= 0.3 is 12.5 Å². The van der Waals surface area contributed by atoms with E-state index in [0.717, 1.165) is 36.5 Å². The van der Waals surface area contributed by atoms with Crippen LogP contribution in [0, 0.1) is 5.82 Å². The van der Waals surface area contributed by atoms with E-state index in [1.165, 1.54) is 0 Å². The topological polar surface area (TPSA) is 22.1 Å². The average molecular weight is 325 g/mol. The molecule has 1 heterocycles. The van der Waals surface area contributed by atoms with Crippen LogP contribution in [0.1, 0.15) is 5.69 Å². The van der Waals surface area contributed by atoms with E-state index >= 15 is 0 Å². The van der Waals surface area contributed by atoms with Crippen molar-refractivity contribution in [3.8, 4) is 16.9 Å². The van der Waals surface area contributed by atoms with E-state index in [1.807, 2.05) is 0 Å². The Kier molecular flexibility index (Phi) is 3.99. The van der Waals surface area contributed by atoms with Gasteiger partial charge in [0.25, 0.3) is 0 Å². The Hall–Kier alpha value is -2.32. The molecular weight excluding hydrogens is 319 g/mol. The number of pyridine rings is 1. The molecule has 1 aromatic heterocycles. The van der Waals surface area contributed by atoms with Crippen LogP contribution in [-0.2, 0) is 6.18 Å². The summed E-state index contributed by atoms with van der Waals surface area (Å²) in [6.07, 6.45) is -9.10. The van der Waals surface area contributed by atoms with E-state index in [1.54, 1.807) is 0 Å². The summed E-state index contributed by atoms with van der Waals surface area (Å²) in [6, 6.07) is 4.76. The summed E-state index contributed by atoms with van der Waals surface area (Å²) in [7, 11) is 0. The van der Waals surface area contributed by atoms with Crippen molar-refractivity contribution in [3.63, 3.8) is 0 Å². The highest BCUT2D eigenvalue weighted by atomic mass is 19.4. The quantitative estimate of drug-likeness (QED) is 0.740. The predicted octanol–water partition coefficient (Wildman–Crippen LogP) is 4.81. The number of ether oxygens (including phenoxy) is 1. The van der Waals surface area contributed by atoms with Crippen LogP contribution in [0.15, 0.2) is 36.5 Å². The number of benzene rings is 1. The highest BCUT2D eigenvalue weighted by Crippen LogP contribution is 2.34. The predicted molar refractivity (Wildman–Crippen MR) is 61.3 cm³/mol. The molecule has 0 aliphatic heterocycles. The van der Waals surface area contributed by atoms with Gasteiger partial charge in [-0.1, -0.05) is 12.1 Å². The van der Waals surface area contributed by atoms with Crippen LogP contribution < -0.4 is 4.74 Å². The molecule has 2 aromatic rings. The molecule has 0 N–H and O–H groups in total. The van der Waals surface area contributed by atoms with Crippen molar-refractivity contribution in [2.24, 2.45) is 0 Å². The lowest BCUT2D eigenvalue weighted by atomic mass is 10.1. The number of halogens is 7. The molecule has 0 bridgehead atoms. The molecule has 2 nitrogen and oxygen atoms in total. The summed E-state index contributed by atoms with van der Waals surface area (Å²) >= 11 is 0. The van der Waals surface area contributed by atoms with Gasteiger partial charge in [-0.15, -0.1) is 13.2 Å². The Morgan fingerprint density at radius 3 is 1.95 bits per heavy atom. The second-order valence-electron chi connectivity index (χ2n) is 4.09.